The normalized spacial score (nSPS) is 15.7. The molecule has 2 aromatic carbocycles. The summed E-state index contributed by atoms with van der Waals surface area (Å²) in [5.41, 5.74) is 5.52. The molecule has 0 aliphatic carbocycles. The van der Waals surface area contributed by atoms with Crippen LogP contribution in [0, 0.1) is 11.3 Å². The zero-order chi connectivity index (χ0) is 24.5. The maximum Gasteiger partial charge on any atom is 0.234 e. The Morgan fingerprint density at radius 3 is 2.17 bits per heavy atom. The molecular weight excluding hydrogens is 448 g/mol. The van der Waals surface area contributed by atoms with Crippen molar-refractivity contribution in [3.05, 3.63) is 89.4 Å². The van der Waals surface area contributed by atoms with Gasteiger partial charge in [-0.05, 0) is 30.4 Å². The molecule has 4 heterocycles. The third-order valence-electron chi connectivity index (χ3n) is 7.48. The van der Waals surface area contributed by atoms with E-state index in [4.69, 9.17) is 0 Å². The van der Waals surface area contributed by atoms with Gasteiger partial charge >= 0.3 is 0 Å². The van der Waals surface area contributed by atoms with Crippen molar-refractivity contribution >= 4 is 22.8 Å². The number of amides is 1. The molecule has 1 saturated heterocycles. The summed E-state index contributed by atoms with van der Waals surface area (Å²) in [6, 6.07) is 22.5. The van der Waals surface area contributed by atoms with Crippen LogP contribution in [0.1, 0.15) is 41.1 Å². The largest absolute Gasteiger partial charge is 0.351 e. The van der Waals surface area contributed by atoms with Gasteiger partial charge in [0.1, 0.15) is 23.4 Å². The van der Waals surface area contributed by atoms with E-state index in [1.165, 1.54) is 0 Å². The summed E-state index contributed by atoms with van der Waals surface area (Å²) in [6.07, 6.45) is 4.67. The summed E-state index contributed by atoms with van der Waals surface area (Å²) in [5, 5.41) is 9.84. The molecule has 36 heavy (non-hydrogen) atoms. The van der Waals surface area contributed by atoms with Gasteiger partial charge in [-0.1, -0.05) is 60.7 Å². The number of anilines is 1. The summed E-state index contributed by atoms with van der Waals surface area (Å²) in [6.45, 7) is 3.52. The molecule has 1 amide bonds. The lowest BCUT2D eigenvalue weighted by molar-refractivity contribution is -0.132. The molecule has 7 heteroatoms. The lowest BCUT2D eigenvalue weighted by Crippen LogP contribution is -2.50. The summed E-state index contributed by atoms with van der Waals surface area (Å²) >= 11 is 0. The minimum atomic E-state index is -0.319. The molecule has 0 bridgehead atoms. The zero-order valence-electron chi connectivity index (χ0n) is 20.2. The number of hydrogen-bond donors (Lipinski definition) is 0. The topological polar surface area (TPSA) is 78.0 Å². The second-order valence-electron chi connectivity index (χ2n) is 9.50. The van der Waals surface area contributed by atoms with Crippen LogP contribution >= 0.6 is 0 Å². The van der Waals surface area contributed by atoms with Crippen LogP contribution < -0.4 is 4.90 Å². The lowest BCUT2D eigenvalue weighted by atomic mass is 9.90. The predicted molar refractivity (Wildman–Crippen MR) is 139 cm³/mol. The van der Waals surface area contributed by atoms with Crippen LogP contribution in [0.15, 0.2) is 67.0 Å². The van der Waals surface area contributed by atoms with E-state index in [0.29, 0.717) is 31.7 Å². The van der Waals surface area contributed by atoms with Crippen LogP contribution in [0.25, 0.3) is 11.0 Å². The van der Waals surface area contributed by atoms with Crippen LogP contribution in [-0.4, -0.2) is 51.5 Å². The standard InChI is InChI=1S/C29H28N6O/c30-19-23-24-13-7-8-14-35(24)27-26(23)31-20-32-28(27)33-15-17-34(18-16-33)29(36)25(21-9-3-1-4-10-21)22-11-5-2-6-12-22/h1-6,9-12,20,25H,7-8,13-18H2. The number of aromatic nitrogens is 3. The Morgan fingerprint density at radius 1 is 0.861 bits per heavy atom. The highest BCUT2D eigenvalue weighted by atomic mass is 16.2. The molecule has 1 fully saturated rings. The van der Waals surface area contributed by atoms with E-state index in [2.05, 4.69) is 25.5 Å². The maximum atomic E-state index is 13.8. The molecule has 7 nitrogen and oxygen atoms in total. The third kappa shape index (κ3) is 3.79. The van der Waals surface area contributed by atoms with Gasteiger partial charge in [-0.2, -0.15) is 5.26 Å². The van der Waals surface area contributed by atoms with Gasteiger partial charge < -0.3 is 14.4 Å². The van der Waals surface area contributed by atoms with E-state index in [0.717, 1.165) is 59.5 Å². The van der Waals surface area contributed by atoms with Crippen LogP contribution in [0.4, 0.5) is 5.82 Å². The number of hydrogen-bond acceptors (Lipinski definition) is 5. The summed E-state index contributed by atoms with van der Waals surface area (Å²) in [4.78, 5) is 27.2. The smallest absolute Gasteiger partial charge is 0.234 e. The molecule has 0 spiro atoms. The van der Waals surface area contributed by atoms with Crippen LogP contribution in [0.5, 0.6) is 0 Å². The maximum absolute atomic E-state index is 13.8. The predicted octanol–water partition coefficient (Wildman–Crippen LogP) is 4.12. The average Bonchev–Trinajstić information content (AvgIpc) is 3.28. The molecule has 2 aliphatic rings. The van der Waals surface area contributed by atoms with E-state index < -0.39 is 0 Å². The molecule has 2 aromatic heterocycles. The van der Waals surface area contributed by atoms with Crippen molar-refractivity contribution in [1.29, 1.82) is 5.26 Å². The number of nitrogens with zero attached hydrogens (tertiary/aromatic N) is 6. The number of rotatable bonds is 4. The third-order valence-corrected chi connectivity index (χ3v) is 7.48. The number of fused-ring (bicyclic) bond motifs is 3. The van der Waals surface area contributed by atoms with E-state index in [1.54, 1.807) is 6.33 Å². The van der Waals surface area contributed by atoms with Gasteiger partial charge in [0.2, 0.25) is 5.91 Å². The molecule has 180 valence electrons. The summed E-state index contributed by atoms with van der Waals surface area (Å²) in [5.74, 6) is 0.687. The Labute approximate surface area is 210 Å². The zero-order valence-corrected chi connectivity index (χ0v) is 20.2. The van der Waals surface area contributed by atoms with Crippen LogP contribution in [-0.2, 0) is 17.8 Å². The fourth-order valence-electron chi connectivity index (χ4n) is 5.72. The Hall–Kier alpha value is -4.18. The van der Waals surface area contributed by atoms with Crippen molar-refractivity contribution in [2.24, 2.45) is 0 Å². The van der Waals surface area contributed by atoms with Crippen molar-refractivity contribution in [3.8, 4) is 6.07 Å². The molecule has 6 rings (SSSR count). The Balaban J connectivity index is 1.27. The summed E-state index contributed by atoms with van der Waals surface area (Å²) < 4.78 is 2.26. The van der Waals surface area contributed by atoms with Crippen LogP contribution in [0.3, 0.4) is 0 Å². The fraction of sp³-hybridized carbons (Fsp3) is 0.310. The van der Waals surface area contributed by atoms with Gasteiger partial charge in [0.25, 0.3) is 0 Å². The SMILES string of the molecule is N#Cc1c2n(c3c(N4CCN(C(=O)C(c5ccccc5)c5ccccc5)CC4)ncnc13)CCCC2. The van der Waals surface area contributed by atoms with Crippen molar-refractivity contribution in [1.82, 2.24) is 19.4 Å². The van der Waals surface area contributed by atoms with Crippen molar-refractivity contribution in [3.63, 3.8) is 0 Å². The number of benzene rings is 2. The Kier molecular flexibility index (Phi) is 5.86. The van der Waals surface area contributed by atoms with Crippen molar-refractivity contribution in [2.75, 3.05) is 31.1 Å². The van der Waals surface area contributed by atoms with Gasteiger partial charge in [-0.25, -0.2) is 9.97 Å². The highest BCUT2D eigenvalue weighted by molar-refractivity contribution is 5.93. The molecule has 2 aliphatic heterocycles. The first-order valence-electron chi connectivity index (χ1n) is 12.7. The molecule has 0 N–H and O–H groups in total. The second-order valence-corrected chi connectivity index (χ2v) is 9.50. The number of carbonyl (C=O) groups is 1. The molecule has 4 aromatic rings. The number of piperazine rings is 1. The molecule has 0 saturated carbocycles. The number of carbonyl (C=O) groups excluding carboxylic acids is 1. The molecule has 0 atom stereocenters. The molecule has 0 unspecified atom stereocenters. The van der Waals surface area contributed by atoms with Crippen molar-refractivity contribution < 1.29 is 4.79 Å². The highest BCUT2D eigenvalue weighted by Crippen LogP contribution is 2.34. The van der Waals surface area contributed by atoms with Gasteiger partial charge in [0, 0.05) is 38.4 Å². The highest BCUT2D eigenvalue weighted by Gasteiger charge is 2.32. The van der Waals surface area contributed by atoms with Crippen molar-refractivity contribution in [2.45, 2.75) is 31.7 Å². The fourth-order valence-corrected chi connectivity index (χ4v) is 5.72. The Morgan fingerprint density at radius 2 is 1.53 bits per heavy atom. The van der Waals surface area contributed by atoms with Gasteiger partial charge in [0.15, 0.2) is 5.82 Å². The van der Waals surface area contributed by atoms with Gasteiger partial charge in [-0.15, -0.1) is 0 Å². The number of aryl methyl sites for hydroxylation is 1. The van der Waals surface area contributed by atoms with Gasteiger partial charge in [-0.3, -0.25) is 4.79 Å². The van der Waals surface area contributed by atoms with Gasteiger partial charge in [0.05, 0.1) is 11.5 Å². The minimum absolute atomic E-state index is 0.131. The first-order chi connectivity index (χ1) is 17.8. The van der Waals surface area contributed by atoms with Crippen LogP contribution in [0.2, 0.25) is 0 Å². The van der Waals surface area contributed by atoms with E-state index >= 15 is 0 Å². The summed E-state index contributed by atoms with van der Waals surface area (Å²) in [7, 11) is 0. The lowest BCUT2D eigenvalue weighted by Gasteiger charge is -2.37. The quantitative estimate of drug-likeness (QED) is 0.443. The van der Waals surface area contributed by atoms with E-state index in [1.807, 2.05) is 65.6 Å². The van der Waals surface area contributed by atoms with E-state index in [-0.39, 0.29) is 11.8 Å². The monoisotopic (exact) mass is 476 g/mol. The first kappa shape index (κ1) is 22.3. The average molecular weight is 477 g/mol. The second kappa shape index (κ2) is 9.46. The Bertz CT molecular complexity index is 1390. The molecular formula is C29H28N6O. The number of nitriles is 1. The molecule has 0 radical (unpaired) electrons. The first-order valence-corrected chi connectivity index (χ1v) is 12.7. The minimum Gasteiger partial charge on any atom is -0.351 e. The van der Waals surface area contributed by atoms with E-state index in [9.17, 15) is 10.1 Å².